The van der Waals surface area contributed by atoms with Crippen molar-refractivity contribution in [2.75, 3.05) is 33.3 Å². The molecule has 0 saturated carbocycles. The van der Waals surface area contributed by atoms with Crippen molar-refractivity contribution in [2.24, 2.45) is 5.92 Å². The highest BCUT2D eigenvalue weighted by Gasteiger charge is 2.31. The zero-order chi connectivity index (χ0) is 16.2. The fourth-order valence-electron chi connectivity index (χ4n) is 3.34. The quantitative estimate of drug-likeness (QED) is 0.849. The van der Waals surface area contributed by atoms with Crippen molar-refractivity contribution in [2.45, 2.75) is 25.7 Å². The summed E-state index contributed by atoms with van der Waals surface area (Å²) in [5, 5.41) is 0. The van der Waals surface area contributed by atoms with Crippen molar-refractivity contribution >= 4 is 11.8 Å². The summed E-state index contributed by atoms with van der Waals surface area (Å²) in [6.45, 7) is 3.06. The van der Waals surface area contributed by atoms with Gasteiger partial charge in [-0.3, -0.25) is 9.59 Å². The van der Waals surface area contributed by atoms with Gasteiger partial charge in [0.15, 0.2) is 0 Å². The summed E-state index contributed by atoms with van der Waals surface area (Å²) in [6, 6.07) is 3.42. The number of likely N-dealkylation sites (tertiary alicyclic amines) is 2. The number of nitrogens with zero attached hydrogens (tertiary/aromatic N) is 3. The van der Waals surface area contributed by atoms with Crippen molar-refractivity contribution in [3.8, 4) is 5.88 Å². The van der Waals surface area contributed by atoms with Crippen molar-refractivity contribution in [1.29, 1.82) is 0 Å². The zero-order valence-electron chi connectivity index (χ0n) is 13.5. The summed E-state index contributed by atoms with van der Waals surface area (Å²) in [6.07, 6.45) is 5.29. The standard InChI is InChI=1S/C17H23N3O3/c1-23-15-5-4-14(12-18-15)17(22)20-10-6-13(7-11-20)16(21)19-8-2-3-9-19/h4-5,12-13H,2-3,6-11H2,1H3. The lowest BCUT2D eigenvalue weighted by Crippen LogP contribution is -2.43. The molecule has 124 valence electrons. The lowest BCUT2D eigenvalue weighted by Gasteiger charge is -2.33. The Morgan fingerprint density at radius 1 is 1.09 bits per heavy atom. The number of hydrogen-bond acceptors (Lipinski definition) is 4. The van der Waals surface area contributed by atoms with Crippen LogP contribution in [0.15, 0.2) is 18.3 Å². The number of ether oxygens (including phenoxy) is 1. The van der Waals surface area contributed by atoms with Gasteiger partial charge in [0.2, 0.25) is 11.8 Å². The number of piperidine rings is 1. The molecule has 1 aromatic rings. The molecule has 0 N–H and O–H groups in total. The molecule has 2 fully saturated rings. The Balaban J connectivity index is 1.55. The average molecular weight is 317 g/mol. The fourth-order valence-corrected chi connectivity index (χ4v) is 3.34. The van der Waals surface area contributed by atoms with Crippen LogP contribution < -0.4 is 4.74 Å². The minimum absolute atomic E-state index is 0.0211. The van der Waals surface area contributed by atoms with E-state index in [4.69, 9.17) is 4.74 Å². The molecule has 1 aromatic heterocycles. The summed E-state index contributed by atoms with van der Waals surface area (Å²) >= 11 is 0. The van der Waals surface area contributed by atoms with Gasteiger partial charge in [0.25, 0.3) is 5.91 Å². The molecule has 0 radical (unpaired) electrons. The van der Waals surface area contributed by atoms with Gasteiger partial charge in [0, 0.05) is 44.4 Å². The van der Waals surface area contributed by atoms with Crippen molar-refractivity contribution in [3.05, 3.63) is 23.9 Å². The Labute approximate surface area is 136 Å². The molecule has 2 amide bonds. The van der Waals surface area contributed by atoms with Crippen LogP contribution >= 0.6 is 0 Å². The van der Waals surface area contributed by atoms with Crippen molar-refractivity contribution in [1.82, 2.24) is 14.8 Å². The maximum atomic E-state index is 12.5. The molecule has 2 aliphatic heterocycles. The first kappa shape index (κ1) is 15.8. The third-order valence-corrected chi connectivity index (χ3v) is 4.74. The van der Waals surface area contributed by atoms with Gasteiger partial charge in [-0.2, -0.15) is 0 Å². The zero-order valence-corrected chi connectivity index (χ0v) is 13.5. The molecule has 3 heterocycles. The highest BCUT2D eigenvalue weighted by molar-refractivity contribution is 5.94. The number of carbonyl (C=O) groups is 2. The summed E-state index contributed by atoms with van der Waals surface area (Å²) in [7, 11) is 1.55. The predicted molar refractivity (Wildman–Crippen MR) is 85.2 cm³/mol. The van der Waals surface area contributed by atoms with Gasteiger partial charge in [-0.1, -0.05) is 0 Å². The number of aromatic nitrogens is 1. The third-order valence-electron chi connectivity index (χ3n) is 4.74. The lowest BCUT2D eigenvalue weighted by atomic mass is 9.95. The molecule has 2 aliphatic rings. The second-order valence-corrected chi connectivity index (χ2v) is 6.19. The van der Waals surface area contributed by atoms with Gasteiger partial charge < -0.3 is 14.5 Å². The fraction of sp³-hybridized carbons (Fsp3) is 0.588. The molecule has 0 aliphatic carbocycles. The number of pyridine rings is 1. The van der Waals surface area contributed by atoms with E-state index in [0.29, 0.717) is 24.5 Å². The van der Waals surface area contributed by atoms with E-state index in [1.165, 1.54) is 0 Å². The van der Waals surface area contributed by atoms with Crippen LogP contribution in [0.5, 0.6) is 5.88 Å². The maximum absolute atomic E-state index is 12.5. The predicted octanol–water partition coefficient (Wildman–Crippen LogP) is 1.56. The Kier molecular flexibility index (Phi) is 4.79. The van der Waals surface area contributed by atoms with E-state index in [9.17, 15) is 9.59 Å². The van der Waals surface area contributed by atoms with E-state index in [0.717, 1.165) is 38.8 Å². The third kappa shape index (κ3) is 3.46. The van der Waals surface area contributed by atoms with Crippen molar-refractivity contribution < 1.29 is 14.3 Å². The van der Waals surface area contributed by atoms with E-state index in [-0.39, 0.29) is 17.7 Å². The smallest absolute Gasteiger partial charge is 0.255 e. The van der Waals surface area contributed by atoms with Crippen molar-refractivity contribution in [3.63, 3.8) is 0 Å². The van der Waals surface area contributed by atoms with Crippen LogP contribution in [0.1, 0.15) is 36.0 Å². The molecule has 0 aromatic carbocycles. The van der Waals surface area contributed by atoms with Crippen LogP contribution in [0.3, 0.4) is 0 Å². The van der Waals surface area contributed by atoms with E-state index in [1.807, 2.05) is 9.80 Å². The second-order valence-electron chi connectivity index (χ2n) is 6.19. The Morgan fingerprint density at radius 2 is 1.78 bits per heavy atom. The number of rotatable bonds is 3. The Hall–Kier alpha value is -2.11. The van der Waals surface area contributed by atoms with E-state index < -0.39 is 0 Å². The van der Waals surface area contributed by atoms with E-state index in [1.54, 1.807) is 25.4 Å². The molecule has 2 saturated heterocycles. The first-order valence-electron chi connectivity index (χ1n) is 8.27. The maximum Gasteiger partial charge on any atom is 0.255 e. The lowest BCUT2D eigenvalue weighted by molar-refractivity contribution is -0.135. The summed E-state index contributed by atoms with van der Waals surface area (Å²) in [4.78, 5) is 32.8. The Bertz CT molecular complexity index is 559. The van der Waals surface area contributed by atoms with Gasteiger partial charge in [0.05, 0.1) is 12.7 Å². The normalized spacial score (nSPS) is 19.0. The van der Waals surface area contributed by atoms with Gasteiger partial charge in [-0.15, -0.1) is 0 Å². The molecule has 0 atom stereocenters. The number of amides is 2. The van der Waals surface area contributed by atoms with Gasteiger partial charge in [-0.25, -0.2) is 4.98 Å². The molecule has 23 heavy (non-hydrogen) atoms. The van der Waals surface area contributed by atoms with Crippen LogP contribution in [0.4, 0.5) is 0 Å². The first-order chi connectivity index (χ1) is 11.2. The number of carbonyl (C=O) groups excluding carboxylic acids is 2. The number of hydrogen-bond donors (Lipinski definition) is 0. The van der Waals surface area contributed by atoms with Gasteiger partial charge in [0.1, 0.15) is 0 Å². The van der Waals surface area contributed by atoms with E-state index in [2.05, 4.69) is 4.98 Å². The van der Waals surface area contributed by atoms with Crippen LogP contribution in [0.2, 0.25) is 0 Å². The topological polar surface area (TPSA) is 62.7 Å². The van der Waals surface area contributed by atoms with Crippen LogP contribution in [0.25, 0.3) is 0 Å². The molecule has 6 heteroatoms. The van der Waals surface area contributed by atoms with Crippen LogP contribution in [-0.4, -0.2) is 59.9 Å². The highest BCUT2D eigenvalue weighted by atomic mass is 16.5. The van der Waals surface area contributed by atoms with Gasteiger partial charge in [-0.05, 0) is 31.7 Å². The molecule has 3 rings (SSSR count). The average Bonchev–Trinajstić information content (AvgIpc) is 3.15. The summed E-state index contributed by atoms with van der Waals surface area (Å²) in [5.41, 5.74) is 0.565. The molecular weight excluding hydrogens is 294 g/mol. The van der Waals surface area contributed by atoms with E-state index >= 15 is 0 Å². The molecule has 0 spiro atoms. The second kappa shape index (κ2) is 6.98. The first-order valence-corrected chi connectivity index (χ1v) is 8.27. The monoisotopic (exact) mass is 317 g/mol. The minimum Gasteiger partial charge on any atom is -0.481 e. The number of methoxy groups -OCH3 is 1. The molecule has 6 nitrogen and oxygen atoms in total. The largest absolute Gasteiger partial charge is 0.481 e. The van der Waals surface area contributed by atoms with Crippen LogP contribution in [0, 0.1) is 5.92 Å². The molecule has 0 bridgehead atoms. The SMILES string of the molecule is COc1ccc(C(=O)N2CCC(C(=O)N3CCCC3)CC2)cn1. The minimum atomic E-state index is -0.0211. The molecular formula is C17H23N3O3. The Morgan fingerprint density at radius 3 is 2.35 bits per heavy atom. The summed E-state index contributed by atoms with van der Waals surface area (Å²) in [5.74, 6) is 0.829. The molecule has 0 unspecified atom stereocenters. The van der Waals surface area contributed by atoms with Crippen LogP contribution in [-0.2, 0) is 4.79 Å². The van der Waals surface area contributed by atoms with Gasteiger partial charge >= 0.3 is 0 Å². The summed E-state index contributed by atoms with van der Waals surface area (Å²) < 4.78 is 5.01. The highest BCUT2D eigenvalue weighted by Crippen LogP contribution is 2.23.